The molecule has 2 aliphatic carbocycles. The normalized spacial score (nSPS) is 27.8. The van der Waals surface area contributed by atoms with Crippen LogP contribution >= 0.6 is 11.6 Å². The Morgan fingerprint density at radius 2 is 1.74 bits per heavy atom. The van der Waals surface area contributed by atoms with Crippen molar-refractivity contribution in [2.75, 3.05) is 6.73 Å². The first-order chi connectivity index (χ1) is 12.5. The molecule has 1 aliphatic heterocycles. The summed E-state index contributed by atoms with van der Waals surface area (Å²) >= 11 is 5.26. The minimum absolute atomic E-state index is 0.450. The van der Waals surface area contributed by atoms with Crippen LogP contribution in [-0.4, -0.2) is 35.6 Å². The highest BCUT2D eigenvalue weighted by atomic mass is 35.5. The van der Waals surface area contributed by atoms with E-state index in [-0.39, 0.29) is 0 Å². The maximum absolute atomic E-state index is 12.6. The molecule has 0 saturated heterocycles. The number of carbonyl (C=O) groups is 3. The number of imide groups is 1. The minimum Gasteiger partial charge on any atom is -0.443 e. The molecule has 1 heterocycles. The molecule has 27 heavy (non-hydrogen) atoms. The van der Waals surface area contributed by atoms with Crippen molar-refractivity contribution in [1.82, 2.24) is 4.90 Å². The number of alkyl halides is 3. The first-order valence-corrected chi connectivity index (χ1v) is 9.03. The van der Waals surface area contributed by atoms with E-state index in [0.717, 1.165) is 23.8 Å². The van der Waals surface area contributed by atoms with Gasteiger partial charge in [0.15, 0.2) is 6.73 Å². The maximum Gasteiger partial charge on any atom is 0.426 e. The Balaban J connectivity index is 1.62. The Kier molecular flexibility index (Phi) is 4.91. The Hall–Kier alpha value is -1.83. The molecule has 2 atom stereocenters. The van der Waals surface area contributed by atoms with E-state index in [1.165, 1.54) is 0 Å². The Morgan fingerprint density at radius 3 is 2.22 bits per heavy atom. The highest BCUT2D eigenvalue weighted by molar-refractivity contribution is 6.30. The van der Waals surface area contributed by atoms with Crippen LogP contribution in [0, 0.1) is 17.3 Å². The molecule has 1 fully saturated rings. The van der Waals surface area contributed by atoms with Crippen molar-refractivity contribution < 1.29 is 32.3 Å². The van der Waals surface area contributed by atoms with Crippen molar-refractivity contribution >= 4 is 29.4 Å². The number of amides is 2. The predicted octanol–water partition coefficient (Wildman–Crippen LogP) is 3.68. The van der Waals surface area contributed by atoms with Crippen molar-refractivity contribution in [3.05, 3.63) is 22.3 Å². The van der Waals surface area contributed by atoms with E-state index in [1.54, 1.807) is 13.8 Å². The molecule has 9 heteroatoms. The van der Waals surface area contributed by atoms with Crippen LogP contribution in [0.3, 0.4) is 0 Å². The first kappa shape index (κ1) is 19.9. The van der Waals surface area contributed by atoms with Gasteiger partial charge in [0, 0.05) is 11.1 Å². The lowest BCUT2D eigenvalue weighted by Crippen LogP contribution is -2.35. The van der Waals surface area contributed by atoms with Crippen LogP contribution in [0.5, 0.6) is 0 Å². The van der Waals surface area contributed by atoms with Crippen LogP contribution < -0.4 is 0 Å². The molecule has 0 aromatic carbocycles. The summed E-state index contributed by atoms with van der Waals surface area (Å²) in [5.74, 6) is -3.19. The number of hydrogen-bond acceptors (Lipinski definition) is 4. The lowest BCUT2D eigenvalue weighted by molar-refractivity contribution is -0.156. The third-order valence-electron chi connectivity index (χ3n) is 5.57. The predicted molar refractivity (Wildman–Crippen MR) is 89.1 cm³/mol. The van der Waals surface area contributed by atoms with E-state index in [0.29, 0.717) is 24.0 Å². The molecule has 3 rings (SSSR count). The second-order valence-corrected chi connectivity index (χ2v) is 8.04. The molecular weight excluding hydrogens is 387 g/mol. The van der Waals surface area contributed by atoms with Gasteiger partial charge in [-0.1, -0.05) is 31.5 Å². The summed E-state index contributed by atoms with van der Waals surface area (Å²) in [7, 11) is 0. The van der Waals surface area contributed by atoms with Gasteiger partial charge < -0.3 is 4.74 Å². The summed E-state index contributed by atoms with van der Waals surface area (Å²) < 4.78 is 42.9. The molecule has 0 aromatic rings. The van der Waals surface area contributed by atoms with Crippen LogP contribution in [-0.2, 0) is 19.1 Å². The number of ether oxygens (including phenoxy) is 1. The molecule has 0 spiro atoms. The molecule has 0 bridgehead atoms. The van der Waals surface area contributed by atoms with Crippen molar-refractivity contribution in [1.29, 1.82) is 0 Å². The average molecular weight is 406 g/mol. The molecule has 148 valence electrons. The van der Waals surface area contributed by atoms with Crippen molar-refractivity contribution in [2.45, 2.75) is 45.7 Å². The fourth-order valence-electron chi connectivity index (χ4n) is 3.82. The molecule has 0 N–H and O–H groups in total. The van der Waals surface area contributed by atoms with E-state index in [1.807, 2.05) is 0 Å². The third kappa shape index (κ3) is 3.51. The average Bonchev–Trinajstić information content (AvgIpc) is 3.03. The quantitative estimate of drug-likeness (QED) is 0.528. The highest BCUT2D eigenvalue weighted by Crippen LogP contribution is 2.60. The van der Waals surface area contributed by atoms with Crippen LogP contribution in [0.25, 0.3) is 0 Å². The molecule has 5 nitrogen and oxygen atoms in total. The van der Waals surface area contributed by atoms with Gasteiger partial charge in [-0.25, -0.2) is 4.90 Å². The van der Waals surface area contributed by atoms with Gasteiger partial charge in [-0.3, -0.25) is 14.4 Å². The third-order valence-corrected chi connectivity index (χ3v) is 5.91. The molecule has 3 aliphatic rings. The Morgan fingerprint density at radius 1 is 1.22 bits per heavy atom. The van der Waals surface area contributed by atoms with E-state index >= 15 is 0 Å². The lowest BCUT2D eigenvalue weighted by Gasteiger charge is -2.15. The second kappa shape index (κ2) is 6.65. The minimum atomic E-state index is -4.67. The summed E-state index contributed by atoms with van der Waals surface area (Å²) in [5, 5.41) is -1.28. The summed E-state index contributed by atoms with van der Waals surface area (Å²) in [5.41, 5.74) is 0.206. The number of hydrogen-bond donors (Lipinski definition) is 0. The largest absolute Gasteiger partial charge is 0.443 e. The molecule has 0 aromatic heterocycles. The standard InChI is InChI=1S/C18H19ClF3NO4/c1-17(2)11(7-12(19)18(20,21)22)13(17)16(26)27-8-23-14(24)9-5-3-4-6-10(9)15(23)25/h7,11,13H,3-6,8H2,1-2H3/b12-7-. The monoisotopic (exact) mass is 405 g/mol. The fraction of sp³-hybridized carbons (Fsp3) is 0.611. The van der Waals surface area contributed by atoms with Crippen LogP contribution in [0.1, 0.15) is 39.5 Å². The van der Waals surface area contributed by atoms with Gasteiger partial charge in [-0.05, 0) is 37.0 Å². The number of allylic oxidation sites excluding steroid dienone is 2. The Bertz CT molecular complexity index is 741. The first-order valence-electron chi connectivity index (χ1n) is 8.65. The summed E-state index contributed by atoms with van der Waals surface area (Å²) in [6, 6.07) is 0. The van der Waals surface area contributed by atoms with Crippen molar-refractivity contribution in [3.8, 4) is 0 Å². The van der Waals surface area contributed by atoms with Gasteiger partial charge in [-0.2, -0.15) is 13.2 Å². The lowest BCUT2D eigenvalue weighted by atomic mass is 9.93. The molecule has 0 radical (unpaired) electrons. The topological polar surface area (TPSA) is 63.7 Å². The second-order valence-electron chi connectivity index (χ2n) is 7.63. The van der Waals surface area contributed by atoms with E-state index in [4.69, 9.17) is 16.3 Å². The van der Waals surface area contributed by atoms with Gasteiger partial charge in [0.25, 0.3) is 11.8 Å². The van der Waals surface area contributed by atoms with Crippen LogP contribution in [0.15, 0.2) is 22.3 Å². The molecule has 2 unspecified atom stereocenters. The zero-order valence-electron chi connectivity index (χ0n) is 14.9. The zero-order chi connectivity index (χ0) is 20.1. The number of nitrogens with zero attached hydrogens (tertiary/aromatic N) is 1. The highest BCUT2D eigenvalue weighted by Gasteiger charge is 2.62. The Labute approximate surface area is 159 Å². The number of halogens is 4. The number of rotatable bonds is 4. The zero-order valence-corrected chi connectivity index (χ0v) is 15.6. The molecule has 2 amide bonds. The van der Waals surface area contributed by atoms with Gasteiger partial charge in [0.2, 0.25) is 0 Å². The van der Waals surface area contributed by atoms with Gasteiger partial charge in [0.05, 0.1) is 5.92 Å². The smallest absolute Gasteiger partial charge is 0.426 e. The summed E-state index contributed by atoms with van der Waals surface area (Å²) in [4.78, 5) is 37.8. The van der Waals surface area contributed by atoms with Crippen LogP contribution in [0.2, 0.25) is 0 Å². The SMILES string of the molecule is CC1(C)C(/C=C(\Cl)C(F)(F)F)C1C(=O)OCN1C(=O)C2=C(CCCC2)C1=O. The van der Waals surface area contributed by atoms with Crippen molar-refractivity contribution in [3.63, 3.8) is 0 Å². The maximum atomic E-state index is 12.6. The van der Waals surface area contributed by atoms with E-state index in [2.05, 4.69) is 0 Å². The van der Waals surface area contributed by atoms with E-state index < -0.39 is 53.0 Å². The number of esters is 1. The van der Waals surface area contributed by atoms with Gasteiger partial charge >= 0.3 is 12.1 Å². The summed E-state index contributed by atoms with van der Waals surface area (Å²) in [6.45, 7) is 2.74. The summed E-state index contributed by atoms with van der Waals surface area (Å²) in [6.07, 6.45) is -1.13. The van der Waals surface area contributed by atoms with Crippen LogP contribution in [0.4, 0.5) is 13.2 Å². The fourth-order valence-corrected chi connectivity index (χ4v) is 3.96. The van der Waals surface area contributed by atoms with Crippen molar-refractivity contribution in [2.24, 2.45) is 17.3 Å². The molecule has 1 saturated carbocycles. The van der Waals surface area contributed by atoms with E-state index in [9.17, 15) is 27.6 Å². The molecular formula is C18H19ClF3NO4. The number of carbonyl (C=O) groups excluding carboxylic acids is 3. The van der Waals surface area contributed by atoms with Gasteiger partial charge in [-0.15, -0.1) is 0 Å². The van der Waals surface area contributed by atoms with Gasteiger partial charge in [0.1, 0.15) is 5.03 Å².